The second kappa shape index (κ2) is 12.6. The van der Waals surface area contributed by atoms with Gasteiger partial charge in [0.15, 0.2) is 5.84 Å². The molecule has 2 amide bonds. The van der Waals surface area contributed by atoms with Gasteiger partial charge in [-0.3, -0.25) is 4.98 Å². The maximum Gasteiger partial charge on any atom is 0.433 e. The van der Waals surface area contributed by atoms with Crippen molar-refractivity contribution in [1.29, 1.82) is 0 Å². The highest BCUT2D eigenvalue weighted by Crippen LogP contribution is 2.45. The predicted molar refractivity (Wildman–Crippen MR) is 173 cm³/mol. The van der Waals surface area contributed by atoms with Gasteiger partial charge in [0.25, 0.3) is 0 Å². The first-order valence-electron chi connectivity index (χ1n) is 15.2. The van der Waals surface area contributed by atoms with Gasteiger partial charge in [0.2, 0.25) is 5.95 Å². The van der Waals surface area contributed by atoms with Crippen LogP contribution in [0.5, 0.6) is 0 Å². The number of halogens is 1. The lowest BCUT2D eigenvalue weighted by molar-refractivity contribution is 0.0385. The number of ether oxygens (including phenoxy) is 1. The molecule has 0 radical (unpaired) electrons. The number of imidazole rings is 1. The van der Waals surface area contributed by atoms with Crippen LogP contribution in [-0.4, -0.2) is 78.3 Å². The average Bonchev–Trinajstić information content (AvgIpc) is 3.33. The number of terminal acetylenes is 1. The van der Waals surface area contributed by atoms with E-state index < -0.39 is 11.6 Å². The Hall–Kier alpha value is -4.37. The summed E-state index contributed by atoms with van der Waals surface area (Å²) in [5, 5.41) is 9.64. The van der Waals surface area contributed by atoms with Gasteiger partial charge in [-0.25, -0.2) is 24.1 Å². The second-order valence-electron chi connectivity index (χ2n) is 12.6. The van der Waals surface area contributed by atoms with Crippen LogP contribution in [0.25, 0.3) is 22.3 Å². The standard InChI is InChI=1S/C32H39ClN8O4/c1-7-40-27-24(13-25(28(34)38-30(42)43)36-26(27)21-12-23(33)15-35-14-21)37-29(40)41-20(5)16-39(31(44)45-18(2)3)17-32(41,6)22-10-8-9-19(4)11-22/h1,12-15,18-20,22H,8-11,16-17H2,2-6H3,(H2,34,38)(H,42,43)/t19-,20+,22?,32+/m0/s1. The van der Waals surface area contributed by atoms with Crippen LogP contribution in [0.2, 0.25) is 5.02 Å². The summed E-state index contributed by atoms with van der Waals surface area (Å²) in [7, 11) is 0. The zero-order valence-corrected chi connectivity index (χ0v) is 27.0. The third kappa shape index (κ3) is 6.27. The molecule has 3 aromatic rings. The fraction of sp³-hybridized carbons (Fsp3) is 0.500. The molecule has 1 saturated heterocycles. The summed E-state index contributed by atoms with van der Waals surface area (Å²) < 4.78 is 7.30. The van der Waals surface area contributed by atoms with Crippen molar-refractivity contribution in [1.82, 2.24) is 24.4 Å². The van der Waals surface area contributed by atoms with Crippen LogP contribution in [0.15, 0.2) is 29.5 Å². The Morgan fingerprint density at radius 1 is 1.24 bits per heavy atom. The number of anilines is 1. The van der Waals surface area contributed by atoms with E-state index in [-0.39, 0.29) is 35.7 Å². The van der Waals surface area contributed by atoms with Crippen molar-refractivity contribution in [2.24, 2.45) is 22.6 Å². The molecule has 3 aromatic heterocycles. The molecule has 4 heterocycles. The van der Waals surface area contributed by atoms with Gasteiger partial charge < -0.3 is 25.4 Å². The summed E-state index contributed by atoms with van der Waals surface area (Å²) in [6, 6.07) is 5.89. The van der Waals surface area contributed by atoms with Gasteiger partial charge in [0, 0.05) is 43.1 Å². The van der Waals surface area contributed by atoms with Gasteiger partial charge in [0.1, 0.15) is 11.2 Å². The number of rotatable bonds is 5. The van der Waals surface area contributed by atoms with Crippen LogP contribution >= 0.6 is 11.6 Å². The van der Waals surface area contributed by atoms with Crippen molar-refractivity contribution in [2.45, 2.75) is 78.0 Å². The number of hydrogen-bond donors (Lipinski definition) is 2. The molecule has 4 atom stereocenters. The summed E-state index contributed by atoms with van der Waals surface area (Å²) in [5.74, 6) is 1.01. The number of pyridine rings is 2. The molecular weight excluding hydrogens is 596 g/mol. The van der Waals surface area contributed by atoms with E-state index >= 15 is 0 Å². The summed E-state index contributed by atoms with van der Waals surface area (Å²) in [6.45, 7) is 11.0. The van der Waals surface area contributed by atoms with Gasteiger partial charge in [-0.15, -0.1) is 0 Å². The van der Waals surface area contributed by atoms with E-state index in [2.05, 4.69) is 46.7 Å². The number of piperazine rings is 1. The molecule has 2 aliphatic rings. The molecule has 1 unspecified atom stereocenters. The maximum atomic E-state index is 13.2. The SMILES string of the molecule is C#Cn1c(N2[C@H](C)CN(C(=O)OC(C)C)C[C@]2(C)C2CCC[C@H](C)C2)nc2cc(/C(N)=N/C(=O)O)nc(-c3cncc(Cl)c3)c21. The number of aromatic nitrogens is 4. The first-order valence-corrected chi connectivity index (χ1v) is 15.5. The third-order valence-corrected chi connectivity index (χ3v) is 9.02. The predicted octanol–water partition coefficient (Wildman–Crippen LogP) is 5.61. The Labute approximate surface area is 267 Å². The van der Waals surface area contributed by atoms with Crippen LogP contribution in [0.1, 0.15) is 66.0 Å². The largest absolute Gasteiger partial charge is 0.463 e. The minimum Gasteiger partial charge on any atom is -0.463 e. The highest BCUT2D eigenvalue weighted by atomic mass is 35.5. The van der Waals surface area contributed by atoms with Gasteiger partial charge >= 0.3 is 12.2 Å². The maximum absolute atomic E-state index is 13.2. The van der Waals surface area contributed by atoms with Gasteiger partial charge in [-0.05, 0) is 64.5 Å². The van der Waals surface area contributed by atoms with Crippen molar-refractivity contribution in [3.63, 3.8) is 0 Å². The number of carbonyl (C=O) groups excluding carboxylic acids is 1. The van der Waals surface area contributed by atoms with Crippen molar-refractivity contribution >= 4 is 46.6 Å². The molecule has 0 spiro atoms. The molecular formula is C32H39ClN8O4. The molecule has 2 fully saturated rings. The minimum absolute atomic E-state index is 0.117. The molecule has 12 nitrogen and oxygen atoms in total. The molecule has 1 aliphatic carbocycles. The van der Waals surface area contributed by atoms with E-state index in [1.54, 1.807) is 27.8 Å². The number of aliphatic imine (C=N–C) groups is 1. The van der Waals surface area contributed by atoms with Crippen LogP contribution in [0, 0.1) is 24.3 Å². The lowest BCUT2D eigenvalue weighted by atomic mass is 9.70. The summed E-state index contributed by atoms with van der Waals surface area (Å²) >= 11 is 6.31. The summed E-state index contributed by atoms with van der Waals surface area (Å²) in [4.78, 5) is 46.1. The molecule has 1 aliphatic heterocycles. The molecule has 45 heavy (non-hydrogen) atoms. The molecule has 0 aromatic carbocycles. The van der Waals surface area contributed by atoms with E-state index in [1.807, 2.05) is 13.8 Å². The highest BCUT2D eigenvalue weighted by Gasteiger charge is 2.50. The average molecular weight is 635 g/mol. The van der Waals surface area contributed by atoms with Crippen molar-refractivity contribution in [3.8, 4) is 23.7 Å². The number of fused-ring (bicyclic) bond motifs is 1. The van der Waals surface area contributed by atoms with E-state index in [0.29, 0.717) is 52.3 Å². The van der Waals surface area contributed by atoms with E-state index in [4.69, 9.17) is 33.5 Å². The van der Waals surface area contributed by atoms with Crippen molar-refractivity contribution < 1.29 is 19.4 Å². The fourth-order valence-corrected chi connectivity index (χ4v) is 7.18. The third-order valence-electron chi connectivity index (χ3n) is 8.82. The zero-order valence-electron chi connectivity index (χ0n) is 26.2. The molecule has 3 N–H and O–H groups in total. The van der Waals surface area contributed by atoms with Crippen molar-refractivity contribution in [2.75, 3.05) is 18.0 Å². The van der Waals surface area contributed by atoms with Gasteiger partial charge in [-0.2, -0.15) is 4.99 Å². The molecule has 238 valence electrons. The minimum atomic E-state index is -1.45. The smallest absolute Gasteiger partial charge is 0.433 e. The Balaban J connectivity index is 1.74. The zero-order chi connectivity index (χ0) is 32.6. The summed E-state index contributed by atoms with van der Waals surface area (Å²) in [6.07, 6.45) is 11.5. The number of nitrogens with zero attached hydrogens (tertiary/aromatic N) is 7. The Kier molecular flexibility index (Phi) is 8.94. The first kappa shape index (κ1) is 32.0. The van der Waals surface area contributed by atoms with Crippen molar-refractivity contribution in [3.05, 3.63) is 35.2 Å². The van der Waals surface area contributed by atoms with Gasteiger partial charge in [-0.1, -0.05) is 37.8 Å². The van der Waals surface area contributed by atoms with Gasteiger partial charge in [0.05, 0.1) is 27.9 Å². The van der Waals surface area contributed by atoms with Crippen LogP contribution < -0.4 is 10.6 Å². The quantitative estimate of drug-likeness (QED) is 0.207. The molecule has 0 bridgehead atoms. The first-order chi connectivity index (χ1) is 21.3. The second-order valence-corrected chi connectivity index (χ2v) is 13.1. The Morgan fingerprint density at radius 3 is 2.64 bits per heavy atom. The molecule has 5 rings (SSSR count). The number of hydrogen-bond acceptors (Lipinski definition) is 7. The number of carboxylic acid groups (broad SMARTS) is 1. The Bertz CT molecular complexity index is 1700. The van der Waals surface area contributed by atoms with Crippen LogP contribution in [0.3, 0.4) is 0 Å². The molecule has 1 saturated carbocycles. The number of nitrogens with two attached hydrogens (primary N) is 1. The lowest BCUT2D eigenvalue weighted by Crippen LogP contribution is -2.69. The lowest BCUT2D eigenvalue weighted by Gasteiger charge is -2.56. The van der Waals surface area contributed by atoms with E-state index in [9.17, 15) is 14.7 Å². The number of amides is 2. The van der Waals surface area contributed by atoms with E-state index in [0.717, 1.165) is 25.7 Å². The summed E-state index contributed by atoms with van der Waals surface area (Å²) in [5.41, 5.74) is 7.51. The molecule has 13 heteroatoms. The Morgan fingerprint density at radius 2 is 2.00 bits per heavy atom. The normalized spacial score (nSPS) is 24.1. The number of amidine groups is 1. The van der Waals surface area contributed by atoms with E-state index in [1.165, 1.54) is 6.20 Å². The monoisotopic (exact) mass is 634 g/mol. The number of carbonyl (C=O) groups is 2. The van der Waals surface area contributed by atoms with Crippen LogP contribution in [0.4, 0.5) is 15.5 Å². The highest BCUT2D eigenvalue weighted by molar-refractivity contribution is 6.30. The topological polar surface area (TPSA) is 152 Å². The fourth-order valence-electron chi connectivity index (χ4n) is 7.00. The van der Waals surface area contributed by atoms with Crippen LogP contribution in [-0.2, 0) is 4.74 Å².